The van der Waals surface area contributed by atoms with E-state index in [1.54, 1.807) is 20.2 Å². The molecule has 2 N–H and O–H groups in total. The Bertz CT molecular complexity index is 638. The van der Waals surface area contributed by atoms with Crippen LogP contribution in [0.5, 0.6) is 5.75 Å². The standard InChI is InChI=1S/C16H18N2O2/c1-10-8-13(6-7-18-10)14-5-4-12(9-15(14)20-3)11(2)16(17)19/h4-9,11H,1-3H3,(H2,17,19). The quantitative estimate of drug-likeness (QED) is 0.928. The molecular formula is C16H18N2O2. The summed E-state index contributed by atoms with van der Waals surface area (Å²) in [6, 6.07) is 9.64. The fourth-order valence-electron chi connectivity index (χ4n) is 2.09. The highest BCUT2D eigenvalue weighted by Gasteiger charge is 2.15. The summed E-state index contributed by atoms with van der Waals surface area (Å²) in [7, 11) is 1.62. The first kappa shape index (κ1) is 14.1. The normalized spacial score (nSPS) is 11.9. The zero-order valence-corrected chi connectivity index (χ0v) is 11.9. The lowest BCUT2D eigenvalue weighted by atomic mass is 9.96. The fraction of sp³-hybridized carbons (Fsp3) is 0.250. The van der Waals surface area contributed by atoms with E-state index in [0.717, 1.165) is 28.1 Å². The number of aromatic nitrogens is 1. The predicted octanol–water partition coefficient (Wildman–Crippen LogP) is 2.65. The van der Waals surface area contributed by atoms with Gasteiger partial charge in [-0.25, -0.2) is 0 Å². The molecule has 0 fully saturated rings. The van der Waals surface area contributed by atoms with Crippen molar-refractivity contribution in [3.63, 3.8) is 0 Å². The average Bonchev–Trinajstić information content (AvgIpc) is 2.45. The van der Waals surface area contributed by atoms with Crippen LogP contribution in [0.25, 0.3) is 11.1 Å². The predicted molar refractivity (Wildman–Crippen MR) is 78.6 cm³/mol. The van der Waals surface area contributed by atoms with Crippen molar-refractivity contribution in [1.82, 2.24) is 4.98 Å². The number of nitrogens with zero attached hydrogens (tertiary/aromatic N) is 1. The molecule has 1 heterocycles. The van der Waals surface area contributed by atoms with Crippen LogP contribution in [0.15, 0.2) is 36.5 Å². The second kappa shape index (κ2) is 5.74. The summed E-state index contributed by atoms with van der Waals surface area (Å²) in [6.07, 6.45) is 1.77. The highest BCUT2D eigenvalue weighted by molar-refractivity contribution is 5.82. The number of pyridine rings is 1. The minimum absolute atomic E-state index is 0.336. The van der Waals surface area contributed by atoms with E-state index in [2.05, 4.69) is 4.98 Å². The van der Waals surface area contributed by atoms with E-state index in [9.17, 15) is 4.79 Å². The van der Waals surface area contributed by atoms with E-state index in [-0.39, 0.29) is 11.8 Å². The van der Waals surface area contributed by atoms with Crippen LogP contribution in [0.2, 0.25) is 0 Å². The Morgan fingerprint density at radius 1 is 1.30 bits per heavy atom. The van der Waals surface area contributed by atoms with Crippen LogP contribution in [-0.2, 0) is 4.79 Å². The number of primary amides is 1. The molecule has 0 spiro atoms. The molecule has 0 saturated heterocycles. The Hall–Kier alpha value is -2.36. The van der Waals surface area contributed by atoms with E-state index in [0.29, 0.717) is 0 Å². The van der Waals surface area contributed by atoms with E-state index < -0.39 is 0 Å². The number of amides is 1. The van der Waals surface area contributed by atoms with E-state index >= 15 is 0 Å². The van der Waals surface area contributed by atoms with Gasteiger partial charge in [0, 0.05) is 17.5 Å². The van der Waals surface area contributed by atoms with Gasteiger partial charge in [0.15, 0.2) is 0 Å². The Morgan fingerprint density at radius 2 is 2.05 bits per heavy atom. The first-order valence-electron chi connectivity index (χ1n) is 6.43. The number of rotatable bonds is 4. The molecule has 2 aromatic rings. The van der Waals surface area contributed by atoms with Crippen LogP contribution in [0.3, 0.4) is 0 Å². The van der Waals surface area contributed by atoms with Crippen LogP contribution in [0.1, 0.15) is 24.1 Å². The summed E-state index contributed by atoms with van der Waals surface area (Å²) < 4.78 is 5.44. The van der Waals surface area contributed by atoms with Crippen molar-refractivity contribution in [1.29, 1.82) is 0 Å². The first-order chi connectivity index (χ1) is 9.52. The van der Waals surface area contributed by atoms with Gasteiger partial charge in [-0.2, -0.15) is 0 Å². The number of methoxy groups -OCH3 is 1. The summed E-state index contributed by atoms with van der Waals surface area (Å²) in [5.41, 5.74) is 9.14. The second-order valence-electron chi connectivity index (χ2n) is 4.77. The smallest absolute Gasteiger partial charge is 0.224 e. The Kier molecular flexibility index (Phi) is 4.03. The molecule has 20 heavy (non-hydrogen) atoms. The fourth-order valence-corrected chi connectivity index (χ4v) is 2.09. The Balaban J connectivity index is 2.48. The van der Waals surface area contributed by atoms with Crippen molar-refractivity contribution < 1.29 is 9.53 Å². The molecule has 1 aromatic heterocycles. The monoisotopic (exact) mass is 270 g/mol. The van der Waals surface area contributed by atoms with Gasteiger partial charge >= 0.3 is 0 Å². The molecule has 1 atom stereocenters. The molecule has 4 nitrogen and oxygen atoms in total. The van der Waals surface area contributed by atoms with Gasteiger partial charge in [0.25, 0.3) is 0 Å². The van der Waals surface area contributed by atoms with E-state index in [1.807, 2.05) is 37.3 Å². The molecule has 0 aliphatic carbocycles. The summed E-state index contributed by atoms with van der Waals surface area (Å²) in [4.78, 5) is 15.5. The summed E-state index contributed by atoms with van der Waals surface area (Å²) in [5, 5.41) is 0. The average molecular weight is 270 g/mol. The van der Waals surface area contributed by atoms with Crippen molar-refractivity contribution in [2.45, 2.75) is 19.8 Å². The number of aryl methyl sites for hydroxylation is 1. The summed E-state index contributed by atoms with van der Waals surface area (Å²) in [6.45, 7) is 3.73. The van der Waals surface area contributed by atoms with Crippen molar-refractivity contribution in [3.8, 4) is 16.9 Å². The molecule has 0 bridgehead atoms. The zero-order valence-electron chi connectivity index (χ0n) is 11.9. The first-order valence-corrected chi connectivity index (χ1v) is 6.43. The molecular weight excluding hydrogens is 252 g/mol. The van der Waals surface area contributed by atoms with Crippen LogP contribution in [0, 0.1) is 6.92 Å². The number of nitrogens with two attached hydrogens (primary N) is 1. The van der Waals surface area contributed by atoms with Crippen LogP contribution in [0.4, 0.5) is 0 Å². The minimum atomic E-state index is -0.348. The van der Waals surface area contributed by atoms with Crippen molar-refractivity contribution in [3.05, 3.63) is 47.8 Å². The van der Waals surface area contributed by atoms with Gasteiger partial charge < -0.3 is 10.5 Å². The van der Waals surface area contributed by atoms with Gasteiger partial charge in [0.1, 0.15) is 5.75 Å². The third-order valence-corrected chi connectivity index (χ3v) is 3.36. The lowest BCUT2D eigenvalue weighted by molar-refractivity contribution is -0.119. The maximum Gasteiger partial charge on any atom is 0.224 e. The maximum atomic E-state index is 11.3. The topological polar surface area (TPSA) is 65.2 Å². The molecule has 1 aromatic carbocycles. The lowest BCUT2D eigenvalue weighted by Gasteiger charge is -2.13. The molecule has 1 unspecified atom stereocenters. The van der Waals surface area contributed by atoms with Crippen molar-refractivity contribution in [2.75, 3.05) is 7.11 Å². The van der Waals surface area contributed by atoms with Gasteiger partial charge in [0.2, 0.25) is 5.91 Å². The van der Waals surface area contributed by atoms with Gasteiger partial charge in [0.05, 0.1) is 13.0 Å². The SMILES string of the molecule is COc1cc(C(C)C(N)=O)ccc1-c1ccnc(C)c1. The minimum Gasteiger partial charge on any atom is -0.496 e. The molecule has 0 aliphatic rings. The molecule has 4 heteroatoms. The van der Waals surface area contributed by atoms with Crippen LogP contribution in [-0.4, -0.2) is 18.0 Å². The van der Waals surface area contributed by atoms with Crippen molar-refractivity contribution >= 4 is 5.91 Å². The molecule has 0 saturated carbocycles. The molecule has 1 amide bonds. The highest BCUT2D eigenvalue weighted by Crippen LogP contribution is 2.32. The summed E-state index contributed by atoms with van der Waals surface area (Å²) in [5.74, 6) is 0.0397. The summed E-state index contributed by atoms with van der Waals surface area (Å²) >= 11 is 0. The molecule has 2 rings (SSSR count). The van der Waals surface area contributed by atoms with Gasteiger partial charge in [-0.1, -0.05) is 12.1 Å². The third-order valence-electron chi connectivity index (χ3n) is 3.36. The van der Waals surface area contributed by atoms with Crippen LogP contribution < -0.4 is 10.5 Å². The molecule has 0 aliphatic heterocycles. The number of hydrogen-bond donors (Lipinski definition) is 1. The third kappa shape index (κ3) is 2.79. The number of benzene rings is 1. The number of ether oxygens (including phenoxy) is 1. The molecule has 0 radical (unpaired) electrons. The molecule has 104 valence electrons. The number of carbonyl (C=O) groups is 1. The van der Waals surface area contributed by atoms with Gasteiger partial charge in [-0.3, -0.25) is 9.78 Å². The zero-order chi connectivity index (χ0) is 14.7. The largest absolute Gasteiger partial charge is 0.496 e. The highest BCUT2D eigenvalue weighted by atomic mass is 16.5. The maximum absolute atomic E-state index is 11.3. The van der Waals surface area contributed by atoms with Gasteiger partial charge in [-0.05, 0) is 43.2 Å². The Morgan fingerprint density at radius 3 is 2.65 bits per heavy atom. The number of hydrogen-bond acceptors (Lipinski definition) is 3. The lowest BCUT2D eigenvalue weighted by Crippen LogP contribution is -2.18. The van der Waals surface area contributed by atoms with Gasteiger partial charge in [-0.15, -0.1) is 0 Å². The number of carbonyl (C=O) groups excluding carboxylic acids is 1. The van der Waals surface area contributed by atoms with Crippen LogP contribution >= 0.6 is 0 Å². The van der Waals surface area contributed by atoms with E-state index in [1.165, 1.54) is 0 Å². The second-order valence-corrected chi connectivity index (χ2v) is 4.77. The van der Waals surface area contributed by atoms with E-state index in [4.69, 9.17) is 10.5 Å². The Labute approximate surface area is 118 Å². The van der Waals surface area contributed by atoms with Crippen molar-refractivity contribution in [2.24, 2.45) is 5.73 Å².